The van der Waals surface area contributed by atoms with Crippen molar-refractivity contribution in [3.63, 3.8) is 0 Å². The maximum absolute atomic E-state index is 5.87. The molecule has 5 aromatic rings. The van der Waals surface area contributed by atoms with Crippen LogP contribution in [0.5, 0.6) is 0 Å². The Kier molecular flexibility index (Phi) is 3.57. The lowest BCUT2D eigenvalue weighted by Crippen LogP contribution is -1.86. The first-order valence-corrected chi connectivity index (χ1v) is 8.05. The van der Waals surface area contributed by atoms with E-state index in [2.05, 4.69) is 24.9 Å². The molecule has 5 rings (SSSR count). The van der Waals surface area contributed by atoms with E-state index in [9.17, 15) is 0 Å². The quantitative estimate of drug-likeness (QED) is 0.473. The molecule has 0 bridgehead atoms. The van der Waals surface area contributed by atoms with Crippen molar-refractivity contribution < 1.29 is 13.3 Å². The van der Waals surface area contributed by atoms with Crippen LogP contribution < -0.4 is 0 Å². The first-order valence-electron chi connectivity index (χ1n) is 8.05. The molecule has 0 unspecified atom stereocenters. The predicted molar refractivity (Wildman–Crippen MR) is 94.0 cm³/mol. The van der Waals surface area contributed by atoms with Crippen molar-refractivity contribution in [3.8, 4) is 45.9 Å². The van der Waals surface area contributed by atoms with E-state index < -0.39 is 0 Å². The molecule has 0 saturated carbocycles. The van der Waals surface area contributed by atoms with Crippen LogP contribution in [-0.2, 0) is 0 Å². The van der Waals surface area contributed by atoms with Crippen LogP contribution in [0.4, 0.5) is 0 Å². The first-order chi connectivity index (χ1) is 13.4. The molecule has 0 aliphatic rings. The van der Waals surface area contributed by atoms with E-state index in [1.165, 1.54) is 12.8 Å². The summed E-state index contributed by atoms with van der Waals surface area (Å²) in [6, 6.07) is 11.0. The topological polar surface area (TPSA) is 104 Å². The summed E-state index contributed by atoms with van der Waals surface area (Å²) in [6.45, 7) is 0. The molecular formula is C19H11N5O3. The molecule has 0 aliphatic heterocycles. The summed E-state index contributed by atoms with van der Waals surface area (Å²) in [5.74, 6) is 2.07. The Balaban J connectivity index is 1.49. The lowest BCUT2D eigenvalue weighted by molar-refractivity contribution is 0.568. The Labute approximate surface area is 152 Å². The fourth-order valence-corrected chi connectivity index (χ4v) is 2.60. The SMILES string of the molecule is c1cc(-c2cnco2)nc(-c2cnc(-c3cccc(-c4cnco4)n3)o2)c1. The minimum atomic E-state index is 0.387. The van der Waals surface area contributed by atoms with E-state index in [0.717, 1.165) is 0 Å². The summed E-state index contributed by atoms with van der Waals surface area (Å²) in [5.41, 5.74) is 2.53. The van der Waals surface area contributed by atoms with Gasteiger partial charge in [-0.1, -0.05) is 12.1 Å². The Morgan fingerprint density at radius 1 is 0.593 bits per heavy atom. The first kappa shape index (κ1) is 15.2. The molecule has 130 valence electrons. The van der Waals surface area contributed by atoms with Crippen LogP contribution in [-0.4, -0.2) is 24.9 Å². The third kappa shape index (κ3) is 2.89. The number of pyridine rings is 2. The van der Waals surface area contributed by atoms with Gasteiger partial charge < -0.3 is 13.3 Å². The third-order valence-corrected chi connectivity index (χ3v) is 3.84. The van der Waals surface area contributed by atoms with Gasteiger partial charge in [-0.25, -0.2) is 24.9 Å². The van der Waals surface area contributed by atoms with Crippen molar-refractivity contribution >= 4 is 0 Å². The molecule has 0 aliphatic carbocycles. The largest absolute Gasteiger partial charge is 0.442 e. The van der Waals surface area contributed by atoms with Crippen LogP contribution in [0.15, 0.2) is 81.0 Å². The van der Waals surface area contributed by atoms with Gasteiger partial charge in [0, 0.05) is 0 Å². The summed E-state index contributed by atoms with van der Waals surface area (Å²) in [7, 11) is 0. The van der Waals surface area contributed by atoms with Gasteiger partial charge in [-0.05, 0) is 24.3 Å². The Bertz CT molecular complexity index is 1090. The molecule has 8 nitrogen and oxygen atoms in total. The van der Waals surface area contributed by atoms with Crippen LogP contribution >= 0.6 is 0 Å². The fraction of sp³-hybridized carbons (Fsp3) is 0. The third-order valence-electron chi connectivity index (χ3n) is 3.84. The second kappa shape index (κ2) is 6.34. The van der Waals surface area contributed by atoms with E-state index >= 15 is 0 Å². The smallest absolute Gasteiger partial charge is 0.245 e. The van der Waals surface area contributed by atoms with Crippen LogP contribution in [0, 0.1) is 0 Å². The normalized spacial score (nSPS) is 11.0. The molecule has 8 heteroatoms. The lowest BCUT2D eigenvalue weighted by Gasteiger charge is -2.00. The summed E-state index contributed by atoms with van der Waals surface area (Å²) < 4.78 is 16.4. The molecule has 0 radical (unpaired) electrons. The van der Waals surface area contributed by atoms with Crippen molar-refractivity contribution in [2.24, 2.45) is 0 Å². The van der Waals surface area contributed by atoms with Crippen molar-refractivity contribution in [2.75, 3.05) is 0 Å². The molecule has 0 amide bonds. The van der Waals surface area contributed by atoms with Gasteiger partial charge in [0.15, 0.2) is 30.1 Å². The zero-order valence-corrected chi connectivity index (χ0v) is 13.8. The number of oxazole rings is 3. The molecule has 27 heavy (non-hydrogen) atoms. The zero-order chi connectivity index (χ0) is 18.1. The van der Waals surface area contributed by atoms with Gasteiger partial charge >= 0.3 is 0 Å². The van der Waals surface area contributed by atoms with Gasteiger partial charge in [0.25, 0.3) is 0 Å². The summed E-state index contributed by atoms with van der Waals surface area (Å²) >= 11 is 0. The van der Waals surface area contributed by atoms with Gasteiger partial charge in [0.05, 0.1) is 18.6 Å². The Morgan fingerprint density at radius 3 is 1.74 bits per heavy atom. The van der Waals surface area contributed by atoms with E-state index in [0.29, 0.717) is 45.9 Å². The highest BCUT2D eigenvalue weighted by Gasteiger charge is 2.14. The number of nitrogens with zero attached hydrogens (tertiary/aromatic N) is 5. The summed E-state index contributed by atoms with van der Waals surface area (Å²) in [4.78, 5) is 21.2. The number of hydrogen-bond acceptors (Lipinski definition) is 8. The molecule has 0 spiro atoms. The summed E-state index contributed by atoms with van der Waals surface area (Å²) in [5, 5.41) is 0. The second-order valence-corrected chi connectivity index (χ2v) is 5.58. The van der Waals surface area contributed by atoms with Gasteiger partial charge in [0.1, 0.15) is 22.8 Å². The number of aromatic nitrogens is 5. The minimum Gasteiger partial charge on any atom is -0.442 e. The van der Waals surface area contributed by atoms with Crippen molar-refractivity contribution in [1.82, 2.24) is 24.9 Å². The highest BCUT2D eigenvalue weighted by Crippen LogP contribution is 2.27. The average Bonchev–Trinajstić information content (AvgIpc) is 3.51. The zero-order valence-electron chi connectivity index (χ0n) is 13.8. The molecule has 0 fully saturated rings. The molecule has 0 N–H and O–H groups in total. The molecular weight excluding hydrogens is 346 g/mol. The van der Waals surface area contributed by atoms with E-state index in [-0.39, 0.29) is 0 Å². The number of rotatable bonds is 4. The fourth-order valence-electron chi connectivity index (χ4n) is 2.60. The number of hydrogen-bond donors (Lipinski definition) is 0. The van der Waals surface area contributed by atoms with Gasteiger partial charge in [-0.3, -0.25) is 0 Å². The van der Waals surface area contributed by atoms with Crippen LogP contribution in [0.25, 0.3) is 45.9 Å². The molecule has 5 heterocycles. The average molecular weight is 357 g/mol. The predicted octanol–water partition coefficient (Wildman–Crippen LogP) is 4.11. The maximum atomic E-state index is 5.87. The Morgan fingerprint density at radius 2 is 1.15 bits per heavy atom. The van der Waals surface area contributed by atoms with Crippen LogP contribution in [0.1, 0.15) is 0 Å². The standard InChI is InChI=1S/C19H11N5O3/c1-3-12(16-7-20-10-25-16)23-14(5-1)18-9-22-19(27-18)15-6-2-4-13(24-15)17-8-21-11-26-17/h1-11H. The molecule has 0 aromatic carbocycles. The van der Waals surface area contributed by atoms with Crippen molar-refractivity contribution in [3.05, 3.63) is 67.8 Å². The molecule has 5 aromatic heterocycles. The van der Waals surface area contributed by atoms with E-state index in [1.807, 2.05) is 36.4 Å². The van der Waals surface area contributed by atoms with Crippen molar-refractivity contribution in [1.29, 1.82) is 0 Å². The second-order valence-electron chi connectivity index (χ2n) is 5.58. The highest BCUT2D eigenvalue weighted by molar-refractivity contribution is 5.62. The van der Waals surface area contributed by atoms with Gasteiger partial charge in [-0.15, -0.1) is 0 Å². The monoisotopic (exact) mass is 357 g/mol. The molecule has 0 atom stereocenters. The van der Waals surface area contributed by atoms with Crippen molar-refractivity contribution in [2.45, 2.75) is 0 Å². The van der Waals surface area contributed by atoms with Gasteiger partial charge in [0.2, 0.25) is 5.89 Å². The minimum absolute atomic E-state index is 0.387. The van der Waals surface area contributed by atoms with E-state index in [4.69, 9.17) is 13.3 Å². The summed E-state index contributed by atoms with van der Waals surface area (Å²) in [6.07, 6.45) is 7.55. The Hall–Kier alpha value is -4.07. The lowest BCUT2D eigenvalue weighted by atomic mass is 10.2. The van der Waals surface area contributed by atoms with Crippen LogP contribution in [0.3, 0.4) is 0 Å². The maximum Gasteiger partial charge on any atom is 0.245 e. The van der Waals surface area contributed by atoms with E-state index in [1.54, 1.807) is 18.6 Å². The van der Waals surface area contributed by atoms with Crippen LogP contribution in [0.2, 0.25) is 0 Å². The van der Waals surface area contributed by atoms with Gasteiger partial charge in [-0.2, -0.15) is 0 Å². The molecule has 0 saturated heterocycles. The highest BCUT2D eigenvalue weighted by atomic mass is 16.4.